The Morgan fingerprint density at radius 3 is 2.62 bits per heavy atom. The molecule has 4 nitrogen and oxygen atoms in total. The first kappa shape index (κ1) is 18.6. The highest BCUT2D eigenvalue weighted by Crippen LogP contribution is 2.35. The molecule has 0 aromatic heterocycles. The van der Waals surface area contributed by atoms with Crippen molar-refractivity contribution in [1.82, 2.24) is 4.90 Å². The van der Waals surface area contributed by atoms with Crippen LogP contribution in [0, 0.1) is 5.92 Å². The molecule has 1 amide bonds. The van der Waals surface area contributed by atoms with Gasteiger partial charge in [-0.25, -0.2) is 0 Å². The van der Waals surface area contributed by atoms with E-state index in [0.29, 0.717) is 6.42 Å². The number of hydrogen-bond donors (Lipinski definition) is 2. The number of anilines is 2. The Balaban J connectivity index is 1.80. The van der Waals surface area contributed by atoms with Gasteiger partial charge >= 0.3 is 6.18 Å². The van der Waals surface area contributed by atoms with Gasteiger partial charge in [0.25, 0.3) is 0 Å². The number of carbonyl (C=O) groups excluding carboxylic acids is 1. The first-order valence-electron chi connectivity index (χ1n) is 8.24. The zero-order valence-corrected chi connectivity index (χ0v) is 13.8. The van der Waals surface area contributed by atoms with Crippen molar-refractivity contribution in [1.29, 1.82) is 0 Å². The maximum Gasteiger partial charge on any atom is 0.418 e. The predicted octanol–water partition coefficient (Wildman–Crippen LogP) is 3.74. The molecule has 0 aliphatic carbocycles. The normalized spacial score (nSPS) is 17.0. The summed E-state index contributed by atoms with van der Waals surface area (Å²) in [5.41, 5.74) is 4.18. The Kier molecular flexibility index (Phi) is 6.10. The fourth-order valence-corrected chi connectivity index (χ4v) is 2.85. The summed E-state index contributed by atoms with van der Waals surface area (Å²) in [6.45, 7) is 5.19. The molecule has 134 valence electrons. The minimum atomic E-state index is -4.53. The fourth-order valence-electron chi connectivity index (χ4n) is 2.85. The lowest BCUT2D eigenvalue weighted by atomic mass is 9.99. The van der Waals surface area contributed by atoms with Crippen LogP contribution >= 0.6 is 0 Å². The summed E-state index contributed by atoms with van der Waals surface area (Å²) in [7, 11) is 0. The number of amides is 1. The van der Waals surface area contributed by atoms with E-state index in [1.807, 2.05) is 0 Å². The molecule has 1 aromatic rings. The summed E-state index contributed by atoms with van der Waals surface area (Å²) >= 11 is 0. The molecule has 0 saturated carbocycles. The van der Waals surface area contributed by atoms with E-state index >= 15 is 0 Å². The van der Waals surface area contributed by atoms with Crippen LogP contribution in [0.15, 0.2) is 18.2 Å². The largest absolute Gasteiger partial charge is 0.418 e. The molecule has 0 spiro atoms. The van der Waals surface area contributed by atoms with Gasteiger partial charge in [0.05, 0.1) is 5.56 Å². The van der Waals surface area contributed by atoms with Gasteiger partial charge in [0.15, 0.2) is 0 Å². The average molecular weight is 343 g/mol. The molecule has 0 bridgehead atoms. The van der Waals surface area contributed by atoms with Crippen LogP contribution in [0.5, 0.6) is 0 Å². The van der Waals surface area contributed by atoms with E-state index in [2.05, 4.69) is 17.1 Å². The second kappa shape index (κ2) is 7.88. The number of nitrogen functional groups attached to an aromatic ring is 1. The number of likely N-dealkylation sites (tertiary alicyclic amines) is 1. The highest BCUT2D eigenvalue weighted by atomic mass is 19.4. The first-order chi connectivity index (χ1) is 11.3. The van der Waals surface area contributed by atoms with E-state index in [4.69, 9.17) is 5.73 Å². The van der Waals surface area contributed by atoms with E-state index in [1.165, 1.54) is 18.9 Å². The predicted molar refractivity (Wildman–Crippen MR) is 88.6 cm³/mol. The van der Waals surface area contributed by atoms with Crippen molar-refractivity contribution in [2.24, 2.45) is 5.92 Å². The van der Waals surface area contributed by atoms with Gasteiger partial charge in [-0.3, -0.25) is 4.79 Å². The quantitative estimate of drug-likeness (QED) is 0.801. The number of piperidine rings is 1. The molecule has 3 N–H and O–H groups in total. The molecule has 24 heavy (non-hydrogen) atoms. The van der Waals surface area contributed by atoms with Gasteiger partial charge < -0.3 is 16.0 Å². The molecule has 1 aromatic carbocycles. The number of alkyl halides is 3. The first-order valence-corrected chi connectivity index (χ1v) is 8.24. The molecular weight excluding hydrogens is 319 g/mol. The molecule has 1 saturated heterocycles. The number of hydrogen-bond acceptors (Lipinski definition) is 3. The zero-order chi connectivity index (χ0) is 17.7. The SMILES string of the molecule is CC1CCN(CCCC(=O)Nc2ccc(N)c(C(F)(F)F)c2)CC1. The van der Waals surface area contributed by atoms with Crippen LogP contribution in [-0.4, -0.2) is 30.4 Å². The van der Waals surface area contributed by atoms with Crippen molar-refractivity contribution in [3.8, 4) is 0 Å². The monoisotopic (exact) mass is 343 g/mol. The van der Waals surface area contributed by atoms with Gasteiger partial charge in [-0.1, -0.05) is 6.92 Å². The standard InChI is InChI=1S/C17H24F3N3O/c1-12-6-9-23(10-7-12)8-2-3-16(24)22-13-4-5-15(21)14(11-13)17(18,19)20/h4-5,11-12H,2-3,6-10,21H2,1H3,(H,22,24). The van der Waals surface area contributed by atoms with Crippen molar-refractivity contribution >= 4 is 17.3 Å². The summed E-state index contributed by atoms with van der Waals surface area (Å²) in [6.07, 6.45) is -1.19. The smallest absolute Gasteiger partial charge is 0.398 e. The molecule has 2 rings (SSSR count). The minimum Gasteiger partial charge on any atom is -0.398 e. The fraction of sp³-hybridized carbons (Fsp3) is 0.588. The lowest BCUT2D eigenvalue weighted by Crippen LogP contribution is -2.33. The number of nitrogens with zero attached hydrogens (tertiary/aromatic N) is 1. The minimum absolute atomic E-state index is 0.119. The van der Waals surface area contributed by atoms with Crippen LogP contribution < -0.4 is 11.1 Å². The topological polar surface area (TPSA) is 58.4 Å². The molecular formula is C17H24F3N3O. The lowest BCUT2D eigenvalue weighted by molar-refractivity contribution is -0.136. The van der Waals surface area contributed by atoms with Crippen LogP contribution in [0.2, 0.25) is 0 Å². The Bertz CT molecular complexity index is 567. The molecule has 1 fully saturated rings. The summed E-state index contributed by atoms with van der Waals surface area (Å²) in [5, 5.41) is 2.51. The number of halogens is 3. The molecule has 0 radical (unpaired) electrons. The molecule has 1 heterocycles. The lowest BCUT2D eigenvalue weighted by Gasteiger charge is -2.29. The van der Waals surface area contributed by atoms with Crippen molar-refractivity contribution in [3.05, 3.63) is 23.8 Å². The molecule has 0 atom stereocenters. The summed E-state index contributed by atoms with van der Waals surface area (Å²) in [4.78, 5) is 14.2. The molecule has 7 heteroatoms. The zero-order valence-electron chi connectivity index (χ0n) is 13.8. The van der Waals surface area contributed by atoms with Crippen LogP contribution in [0.4, 0.5) is 24.5 Å². The third kappa shape index (κ3) is 5.40. The van der Waals surface area contributed by atoms with E-state index < -0.39 is 11.7 Å². The number of nitrogens with one attached hydrogen (secondary N) is 1. The van der Waals surface area contributed by atoms with Crippen LogP contribution in [0.25, 0.3) is 0 Å². The van der Waals surface area contributed by atoms with Crippen LogP contribution in [-0.2, 0) is 11.0 Å². The Hall–Kier alpha value is -1.76. The van der Waals surface area contributed by atoms with Crippen molar-refractivity contribution < 1.29 is 18.0 Å². The highest BCUT2D eigenvalue weighted by Gasteiger charge is 2.33. The Morgan fingerprint density at radius 1 is 1.33 bits per heavy atom. The second-order valence-electron chi connectivity index (χ2n) is 6.48. The Morgan fingerprint density at radius 2 is 2.00 bits per heavy atom. The number of rotatable bonds is 5. The van der Waals surface area contributed by atoms with E-state index in [-0.39, 0.29) is 23.7 Å². The maximum atomic E-state index is 12.8. The molecule has 0 unspecified atom stereocenters. The maximum absolute atomic E-state index is 12.8. The summed E-state index contributed by atoms with van der Waals surface area (Å²) < 4.78 is 38.4. The average Bonchev–Trinajstić information content (AvgIpc) is 2.50. The van der Waals surface area contributed by atoms with E-state index in [1.54, 1.807) is 0 Å². The number of nitrogens with two attached hydrogens (primary N) is 1. The molecule has 1 aliphatic rings. The van der Waals surface area contributed by atoms with Gasteiger partial charge in [-0.05, 0) is 63.0 Å². The molecule has 1 aliphatic heterocycles. The van der Waals surface area contributed by atoms with Crippen molar-refractivity contribution in [2.75, 3.05) is 30.7 Å². The van der Waals surface area contributed by atoms with Crippen LogP contribution in [0.1, 0.15) is 38.2 Å². The van der Waals surface area contributed by atoms with Gasteiger partial charge in [0, 0.05) is 17.8 Å². The highest BCUT2D eigenvalue weighted by molar-refractivity contribution is 5.91. The van der Waals surface area contributed by atoms with Gasteiger partial charge in [-0.15, -0.1) is 0 Å². The third-order valence-corrected chi connectivity index (χ3v) is 4.40. The Labute approximate surface area is 140 Å². The summed E-state index contributed by atoms with van der Waals surface area (Å²) in [5.74, 6) is 0.483. The van der Waals surface area contributed by atoms with Crippen LogP contribution in [0.3, 0.4) is 0 Å². The van der Waals surface area contributed by atoms with Gasteiger partial charge in [-0.2, -0.15) is 13.2 Å². The van der Waals surface area contributed by atoms with Gasteiger partial charge in [0.2, 0.25) is 5.91 Å². The number of carbonyl (C=O) groups is 1. The number of benzene rings is 1. The third-order valence-electron chi connectivity index (χ3n) is 4.40. The second-order valence-corrected chi connectivity index (χ2v) is 6.48. The van der Waals surface area contributed by atoms with Crippen molar-refractivity contribution in [3.63, 3.8) is 0 Å². The van der Waals surface area contributed by atoms with Crippen molar-refractivity contribution in [2.45, 2.75) is 38.8 Å². The van der Waals surface area contributed by atoms with E-state index in [0.717, 1.165) is 37.7 Å². The summed E-state index contributed by atoms with van der Waals surface area (Å²) in [6, 6.07) is 3.42. The van der Waals surface area contributed by atoms with E-state index in [9.17, 15) is 18.0 Å². The van der Waals surface area contributed by atoms with Gasteiger partial charge in [0.1, 0.15) is 0 Å².